The molecule has 112 valence electrons. The van der Waals surface area contributed by atoms with Crippen LogP contribution in [0, 0.1) is 24.7 Å². The van der Waals surface area contributed by atoms with E-state index in [9.17, 15) is 4.21 Å². The van der Waals surface area contributed by atoms with Gasteiger partial charge in [0.1, 0.15) is 0 Å². The molecule has 2 rings (SSSR count). The van der Waals surface area contributed by atoms with Gasteiger partial charge in [0, 0.05) is 0 Å². The molecule has 2 nitrogen and oxygen atoms in total. The first kappa shape index (κ1) is 15.7. The third kappa shape index (κ3) is 3.92. The van der Waals surface area contributed by atoms with E-state index in [1.807, 2.05) is 31.2 Å². The maximum atomic E-state index is 12.4. The topological polar surface area (TPSA) is 26.3 Å². The van der Waals surface area contributed by atoms with Gasteiger partial charge in [-0.1, -0.05) is 44.9 Å². The van der Waals surface area contributed by atoms with Crippen LogP contribution in [0.15, 0.2) is 29.2 Å². The Bertz CT molecular complexity index is 453. The monoisotopic (exact) mass is 294 g/mol. The molecule has 1 aliphatic carbocycles. The molecule has 1 saturated carbocycles. The van der Waals surface area contributed by atoms with Crippen LogP contribution in [0.4, 0.5) is 0 Å². The average Bonchev–Trinajstić information content (AvgIpc) is 2.39. The highest BCUT2D eigenvalue weighted by Crippen LogP contribution is 2.36. The molecular weight excluding hydrogens is 268 g/mol. The number of benzene rings is 1. The minimum Gasteiger partial charge on any atom is -0.283 e. The van der Waals surface area contributed by atoms with Gasteiger partial charge in [-0.05, 0) is 49.7 Å². The number of aryl methyl sites for hydroxylation is 1. The van der Waals surface area contributed by atoms with Gasteiger partial charge in [0.15, 0.2) is 11.1 Å². The lowest BCUT2D eigenvalue weighted by Crippen LogP contribution is -2.34. The molecular formula is C17H26O2S. The van der Waals surface area contributed by atoms with Gasteiger partial charge in [0.05, 0.1) is 11.0 Å². The second-order valence-corrected chi connectivity index (χ2v) is 7.64. The molecule has 0 unspecified atom stereocenters. The fraction of sp³-hybridized carbons (Fsp3) is 0.647. The normalized spacial score (nSPS) is 28.6. The molecule has 1 fully saturated rings. The molecule has 1 aliphatic rings. The number of hydrogen-bond acceptors (Lipinski definition) is 2. The molecule has 1 aromatic carbocycles. The van der Waals surface area contributed by atoms with Crippen LogP contribution >= 0.6 is 0 Å². The van der Waals surface area contributed by atoms with E-state index in [4.69, 9.17) is 4.18 Å². The average molecular weight is 294 g/mol. The van der Waals surface area contributed by atoms with E-state index in [0.29, 0.717) is 17.8 Å². The van der Waals surface area contributed by atoms with Crippen molar-refractivity contribution in [1.82, 2.24) is 0 Å². The highest BCUT2D eigenvalue weighted by Gasteiger charge is 2.33. The third-order valence-corrected chi connectivity index (χ3v) is 5.46. The summed E-state index contributed by atoms with van der Waals surface area (Å²) in [5.41, 5.74) is 1.18. The Morgan fingerprint density at radius 3 is 2.45 bits per heavy atom. The van der Waals surface area contributed by atoms with Crippen LogP contribution in [-0.2, 0) is 15.3 Å². The Balaban J connectivity index is 2.05. The minimum atomic E-state index is -1.34. The van der Waals surface area contributed by atoms with Crippen molar-refractivity contribution >= 4 is 11.1 Å². The fourth-order valence-electron chi connectivity index (χ4n) is 3.04. The van der Waals surface area contributed by atoms with E-state index < -0.39 is 11.1 Å². The molecule has 20 heavy (non-hydrogen) atoms. The smallest absolute Gasteiger partial charge is 0.189 e. The second-order valence-electron chi connectivity index (χ2n) is 6.51. The maximum Gasteiger partial charge on any atom is 0.189 e. The van der Waals surface area contributed by atoms with E-state index in [1.165, 1.54) is 18.4 Å². The van der Waals surface area contributed by atoms with Crippen molar-refractivity contribution in [3.05, 3.63) is 29.8 Å². The van der Waals surface area contributed by atoms with Gasteiger partial charge in [-0.15, -0.1) is 0 Å². The first-order valence-corrected chi connectivity index (χ1v) is 8.70. The molecule has 0 aliphatic heterocycles. The third-order valence-electron chi connectivity index (χ3n) is 4.39. The van der Waals surface area contributed by atoms with Crippen LogP contribution in [0.1, 0.15) is 45.6 Å². The first-order chi connectivity index (χ1) is 9.47. The standard InChI is InChI=1S/C17H26O2S/c1-12(2)16-10-7-14(4)11-17(16)19-20(18)15-8-5-13(3)6-9-15/h5-6,8-9,12,14,16-17H,7,10-11H2,1-4H3/t14-,16+,17-,20+/m0/s1. The van der Waals surface area contributed by atoms with Gasteiger partial charge in [-0.2, -0.15) is 0 Å². The van der Waals surface area contributed by atoms with Gasteiger partial charge in [0.25, 0.3) is 0 Å². The van der Waals surface area contributed by atoms with E-state index in [0.717, 1.165) is 11.3 Å². The van der Waals surface area contributed by atoms with E-state index in [1.54, 1.807) is 0 Å². The minimum absolute atomic E-state index is 0.126. The summed E-state index contributed by atoms with van der Waals surface area (Å²) in [5.74, 6) is 1.79. The number of rotatable bonds is 4. The lowest BCUT2D eigenvalue weighted by atomic mass is 9.75. The SMILES string of the molecule is Cc1ccc([S@](=O)O[C@H]2C[C@@H](C)CC[C@@H]2C(C)C)cc1. The van der Waals surface area contributed by atoms with E-state index in [-0.39, 0.29) is 6.10 Å². The summed E-state index contributed by atoms with van der Waals surface area (Å²) in [6.07, 6.45) is 3.61. The van der Waals surface area contributed by atoms with Gasteiger partial charge in [-0.3, -0.25) is 4.18 Å². The Hall–Kier alpha value is -0.670. The first-order valence-electron chi connectivity index (χ1n) is 7.63. The molecule has 0 amide bonds. The van der Waals surface area contributed by atoms with Crippen LogP contribution in [0.3, 0.4) is 0 Å². The molecule has 0 aromatic heterocycles. The zero-order chi connectivity index (χ0) is 14.7. The lowest BCUT2D eigenvalue weighted by molar-refractivity contribution is 0.0567. The molecule has 1 aromatic rings. The molecule has 0 spiro atoms. The summed E-state index contributed by atoms with van der Waals surface area (Å²) < 4.78 is 18.3. The van der Waals surface area contributed by atoms with E-state index >= 15 is 0 Å². The maximum absolute atomic E-state index is 12.4. The van der Waals surface area contributed by atoms with Crippen LogP contribution in [0.2, 0.25) is 0 Å². The molecule has 0 heterocycles. The Morgan fingerprint density at radius 1 is 1.20 bits per heavy atom. The van der Waals surface area contributed by atoms with Crippen molar-refractivity contribution in [3.63, 3.8) is 0 Å². The quantitative estimate of drug-likeness (QED) is 0.817. The largest absolute Gasteiger partial charge is 0.283 e. The van der Waals surface area contributed by atoms with Crippen molar-refractivity contribution in [3.8, 4) is 0 Å². The van der Waals surface area contributed by atoms with Crippen molar-refractivity contribution in [1.29, 1.82) is 0 Å². The Labute approximate surface area is 125 Å². The van der Waals surface area contributed by atoms with Crippen molar-refractivity contribution in [2.24, 2.45) is 17.8 Å². The van der Waals surface area contributed by atoms with Crippen molar-refractivity contribution in [2.45, 2.75) is 58.0 Å². The predicted octanol–water partition coefficient (Wildman–Crippen LogP) is 4.50. The fourth-order valence-corrected chi connectivity index (χ4v) is 3.96. The Kier molecular flexibility index (Phi) is 5.39. The molecule has 4 atom stereocenters. The van der Waals surface area contributed by atoms with Crippen LogP contribution in [-0.4, -0.2) is 10.3 Å². The summed E-state index contributed by atoms with van der Waals surface area (Å²) >= 11 is -1.34. The molecule has 3 heteroatoms. The van der Waals surface area contributed by atoms with Crippen molar-refractivity contribution < 1.29 is 8.39 Å². The van der Waals surface area contributed by atoms with Gasteiger partial charge in [-0.25, -0.2) is 4.21 Å². The number of hydrogen-bond donors (Lipinski definition) is 0. The van der Waals surface area contributed by atoms with Crippen molar-refractivity contribution in [2.75, 3.05) is 0 Å². The summed E-state index contributed by atoms with van der Waals surface area (Å²) in [4.78, 5) is 0.774. The zero-order valence-electron chi connectivity index (χ0n) is 13.0. The molecule has 0 bridgehead atoms. The van der Waals surface area contributed by atoms with E-state index in [2.05, 4.69) is 20.8 Å². The van der Waals surface area contributed by atoms with Crippen LogP contribution < -0.4 is 0 Å². The van der Waals surface area contributed by atoms with Gasteiger partial charge >= 0.3 is 0 Å². The summed E-state index contributed by atoms with van der Waals surface area (Å²) in [6.45, 7) is 8.78. The Morgan fingerprint density at radius 2 is 1.85 bits per heavy atom. The highest BCUT2D eigenvalue weighted by atomic mass is 32.2. The summed E-state index contributed by atoms with van der Waals surface area (Å²) in [5, 5.41) is 0. The highest BCUT2D eigenvalue weighted by molar-refractivity contribution is 7.80. The van der Waals surface area contributed by atoms with Gasteiger partial charge < -0.3 is 0 Å². The predicted molar refractivity (Wildman–Crippen MR) is 83.8 cm³/mol. The van der Waals surface area contributed by atoms with Crippen LogP contribution in [0.5, 0.6) is 0 Å². The molecule has 0 saturated heterocycles. The van der Waals surface area contributed by atoms with Gasteiger partial charge in [0.2, 0.25) is 0 Å². The second kappa shape index (κ2) is 6.86. The molecule has 0 radical (unpaired) electrons. The summed E-state index contributed by atoms with van der Waals surface area (Å²) in [6, 6.07) is 7.78. The van der Waals surface area contributed by atoms with Crippen LogP contribution in [0.25, 0.3) is 0 Å². The molecule has 0 N–H and O–H groups in total. The summed E-state index contributed by atoms with van der Waals surface area (Å²) in [7, 11) is 0. The lowest BCUT2D eigenvalue weighted by Gasteiger charge is -2.36. The zero-order valence-corrected chi connectivity index (χ0v) is 13.8.